The maximum Gasteiger partial charge on any atom is 0.363 e. The van der Waals surface area contributed by atoms with Gasteiger partial charge in [-0.15, -0.1) is 0 Å². The van der Waals surface area contributed by atoms with Crippen LogP contribution in [0.3, 0.4) is 0 Å². The Balaban J connectivity index is 2.22. The van der Waals surface area contributed by atoms with Gasteiger partial charge in [-0.2, -0.15) is 0 Å². The predicted octanol–water partition coefficient (Wildman–Crippen LogP) is 2.99. The second-order valence-corrected chi connectivity index (χ2v) is 5.89. The Morgan fingerprint density at radius 3 is 2.33 bits per heavy atom. The van der Waals surface area contributed by atoms with Gasteiger partial charge in [0.25, 0.3) is 0 Å². The van der Waals surface area contributed by atoms with Crippen molar-refractivity contribution < 1.29 is 14.3 Å². The second-order valence-electron chi connectivity index (χ2n) is 5.89. The van der Waals surface area contributed by atoms with Crippen molar-refractivity contribution in [1.29, 1.82) is 0 Å². The molecule has 0 radical (unpaired) electrons. The number of esters is 1. The lowest BCUT2D eigenvalue weighted by molar-refractivity contribution is -0.130. The van der Waals surface area contributed by atoms with E-state index in [9.17, 15) is 9.59 Å². The van der Waals surface area contributed by atoms with Gasteiger partial charge in [0.1, 0.15) is 0 Å². The van der Waals surface area contributed by atoms with Crippen LogP contribution in [0, 0.1) is 5.41 Å². The van der Waals surface area contributed by atoms with Crippen LogP contribution in [0.15, 0.2) is 35.0 Å². The van der Waals surface area contributed by atoms with Crippen LogP contribution in [0.25, 0.3) is 6.08 Å². The first-order valence-electron chi connectivity index (χ1n) is 6.66. The molecule has 5 nitrogen and oxygen atoms in total. The average molecular weight is 286 g/mol. The van der Waals surface area contributed by atoms with Crippen molar-refractivity contribution in [2.45, 2.75) is 27.7 Å². The van der Waals surface area contributed by atoms with Crippen molar-refractivity contribution in [2.75, 3.05) is 5.32 Å². The zero-order chi connectivity index (χ0) is 15.6. The molecule has 1 N–H and O–H groups in total. The molecular formula is C16H18N2O3. The molecule has 1 aliphatic rings. The molecule has 5 heteroatoms. The van der Waals surface area contributed by atoms with E-state index >= 15 is 0 Å². The van der Waals surface area contributed by atoms with Gasteiger partial charge in [-0.3, -0.25) is 4.79 Å². The molecule has 0 unspecified atom stereocenters. The average Bonchev–Trinajstić information content (AvgIpc) is 2.73. The molecule has 0 saturated heterocycles. The molecule has 0 bridgehead atoms. The summed E-state index contributed by atoms with van der Waals surface area (Å²) in [5, 5.41) is 2.68. The number of hydrogen-bond donors (Lipinski definition) is 1. The summed E-state index contributed by atoms with van der Waals surface area (Å²) < 4.78 is 5.17. The van der Waals surface area contributed by atoms with E-state index in [1.54, 1.807) is 30.3 Å². The van der Waals surface area contributed by atoms with Crippen molar-refractivity contribution in [3.63, 3.8) is 0 Å². The Labute approximate surface area is 123 Å². The van der Waals surface area contributed by atoms with Crippen LogP contribution >= 0.6 is 0 Å². The van der Waals surface area contributed by atoms with Gasteiger partial charge in [-0.25, -0.2) is 9.79 Å². The van der Waals surface area contributed by atoms with Gasteiger partial charge in [-0.1, -0.05) is 32.9 Å². The first-order valence-corrected chi connectivity index (χ1v) is 6.66. The summed E-state index contributed by atoms with van der Waals surface area (Å²) in [6, 6.07) is 7.14. The number of cyclic esters (lactones) is 1. The van der Waals surface area contributed by atoms with Crippen LogP contribution in [0.4, 0.5) is 5.69 Å². The minimum Gasteiger partial charge on any atom is -0.406 e. The molecule has 110 valence electrons. The maximum absolute atomic E-state index is 11.8. The third-order valence-corrected chi connectivity index (χ3v) is 2.80. The van der Waals surface area contributed by atoms with E-state index < -0.39 is 5.97 Å². The lowest BCUT2D eigenvalue weighted by Crippen LogP contribution is -2.21. The van der Waals surface area contributed by atoms with Crippen molar-refractivity contribution >= 4 is 29.5 Å². The van der Waals surface area contributed by atoms with E-state index in [2.05, 4.69) is 10.3 Å². The van der Waals surface area contributed by atoms with Gasteiger partial charge in [0.15, 0.2) is 5.70 Å². The molecule has 1 aromatic carbocycles. The number of ether oxygens (including phenoxy) is 1. The summed E-state index contributed by atoms with van der Waals surface area (Å²) in [4.78, 5) is 27.0. The number of rotatable bonds is 2. The van der Waals surface area contributed by atoms with Crippen molar-refractivity contribution in [2.24, 2.45) is 10.4 Å². The lowest BCUT2D eigenvalue weighted by atomic mass is 9.97. The highest BCUT2D eigenvalue weighted by atomic mass is 16.6. The number of carbonyl (C=O) groups is 2. The predicted molar refractivity (Wildman–Crippen MR) is 81.7 cm³/mol. The minimum atomic E-state index is -0.439. The van der Waals surface area contributed by atoms with Crippen LogP contribution in [0.2, 0.25) is 0 Å². The fourth-order valence-corrected chi connectivity index (χ4v) is 1.75. The van der Waals surface area contributed by atoms with E-state index in [1.807, 2.05) is 20.8 Å². The molecule has 0 atom stereocenters. The van der Waals surface area contributed by atoms with Crippen LogP contribution in [-0.2, 0) is 14.3 Å². The van der Waals surface area contributed by atoms with Crippen LogP contribution in [0.1, 0.15) is 33.3 Å². The Hall–Kier alpha value is -2.43. The van der Waals surface area contributed by atoms with E-state index in [4.69, 9.17) is 4.74 Å². The molecule has 0 spiro atoms. The number of nitrogens with zero attached hydrogens (tertiary/aromatic N) is 1. The van der Waals surface area contributed by atoms with Gasteiger partial charge in [0.05, 0.1) is 0 Å². The molecule has 1 heterocycles. The fourth-order valence-electron chi connectivity index (χ4n) is 1.75. The molecule has 0 fully saturated rings. The maximum atomic E-state index is 11.8. The number of aliphatic imine (C=N–C) groups is 1. The SMILES string of the molecule is CC(=O)Nc1ccc(C=C2N=C(C(C)(C)C)OC2=O)cc1. The number of hydrogen-bond acceptors (Lipinski definition) is 4. The van der Waals surface area contributed by atoms with Crippen LogP contribution in [-0.4, -0.2) is 17.8 Å². The van der Waals surface area contributed by atoms with E-state index in [1.165, 1.54) is 6.92 Å². The molecular weight excluding hydrogens is 268 g/mol. The van der Waals surface area contributed by atoms with Gasteiger partial charge in [0.2, 0.25) is 11.8 Å². The van der Waals surface area contributed by atoms with Gasteiger partial charge in [-0.05, 0) is 23.8 Å². The number of anilines is 1. The molecule has 0 saturated carbocycles. The number of nitrogens with one attached hydrogen (secondary N) is 1. The zero-order valence-electron chi connectivity index (χ0n) is 12.6. The highest BCUT2D eigenvalue weighted by Crippen LogP contribution is 2.25. The summed E-state index contributed by atoms with van der Waals surface area (Å²) in [5.41, 5.74) is 1.50. The molecule has 2 rings (SSSR count). The normalized spacial score (nSPS) is 16.7. The van der Waals surface area contributed by atoms with Gasteiger partial charge in [0, 0.05) is 18.0 Å². The van der Waals surface area contributed by atoms with Crippen LogP contribution in [0.5, 0.6) is 0 Å². The van der Waals surface area contributed by atoms with Crippen molar-refractivity contribution in [3.8, 4) is 0 Å². The lowest BCUT2D eigenvalue weighted by Gasteiger charge is -2.15. The topological polar surface area (TPSA) is 67.8 Å². The third-order valence-electron chi connectivity index (χ3n) is 2.80. The molecule has 0 aliphatic carbocycles. The summed E-state index contributed by atoms with van der Waals surface area (Å²) >= 11 is 0. The number of carbonyl (C=O) groups excluding carboxylic acids is 2. The van der Waals surface area contributed by atoms with Gasteiger partial charge >= 0.3 is 5.97 Å². The van der Waals surface area contributed by atoms with E-state index in [-0.39, 0.29) is 17.0 Å². The minimum absolute atomic E-state index is 0.125. The largest absolute Gasteiger partial charge is 0.406 e. The molecule has 0 aromatic heterocycles. The number of benzene rings is 1. The molecule has 1 aromatic rings. The van der Waals surface area contributed by atoms with Gasteiger partial charge < -0.3 is 10.1 Å². The quantitative estimate of drug-likeness (QED) is 0.671. The van der Waals surface area contributed by atoms with Crippen LogP contribution < -0.4 is 5.32 Å². The standard InChI is InChI=1S/C16H18N2O3/c1-10(19)17-12-7-5-11(6-8-12)9-13-14(20)21-15(18-13)16(2,3)4/h5-9H,1-4H3,(H,17,19). The fraction of sp³-hybridized carbons (Fsp3) is 0.312. The van der Waals surface area contributed by atoms with Crippen molar-refractivity contribution in [1.82, 2.24) is 0 Å². The van der Waals surface area contributed by atoms with E-state index in [0.717, 1.165) is 5.56 Å². The Bertz CT molecular complexity index is 634. The molecule has 1 amide bonds. The first-order chi connectivity index (χ1) is 9.75. The summed E-state index contributed by atoms with van der Waals surface area (Å²) in [6.45, 7) is 7.26. The second kappa shape index (κ2) is 5.52. The monoisotopic (exact) mass is 286 g/mol. The highest BCUT2D eigenvalue weighted by molar-refractivity contribution is 6.08. The number of amides is 1. The third kappa shape index (κ3) is 3.78. The smallest absolute Gasteiger partial charge is 0.363 e. The zero-order valence-corrected chi connectivity index (χ0v) is 12.6. The summed E-state index contributed by atoms with van der Waals surface area (Å²) in [7, 11) is 0. The molecule has 1 aliphatic heterocycles. The summed E-state index contributed by atoms with van der Waals surface area (Å²) in [6.07, 6.45) is 1.67. The summed E-state index contributed by atoms with van der Waals surface area (Å²) in [5.74, 6) is -0.139. The van der Waals surface area contributed by atoms with E-state index in [0.29, 0.717) is 11.6 Å². The highest BCUT2D eigenvalue weighted by Gasteiger charge is 2.31. The first kappa shape index (κ1) is 15.0. The Kier molecular flexibility index (Phi) is 3.93. The molecule has 21 heavy (non-hydrogen) atoms. The van der Waals surface area contributed by atoms with Crippen molar-refractivity contribution in [3.05, 3.63) is 35.5 Å². The Morgan fingerprint density at radius 1 is 1.24 bits per heavy atom. The Morgan fingerprint density at radius 2 is 1.86 bits per heavy atom.